The summed E-state index contributed by atoms with van der Waals surface area (Å²) < 4.78 is 0. The van der Waals surface area contributed by atoms with Crippen LogP contribution in [0.25, 0.3) is 0 Å². The third-order valence-electron chi connectivity index (χ3n) is 3.40. The van der Waals surface area contributed by atoms with Crippen LogP contribution in [0.4, 0.5) is 0 Å². The van der Waals surface area contributed by atoms with Crippen LogP contribution in [0.2, 0.25) is 0 Å². The van der Waals surface area contributed by atoms with Crippen LogP contribution < -0.4 is 5.32 Å². The molecule has 0 spiro atoms. The zero-order valence-corrected chi connectivity index (χ0v) is 13.1. The van der Waals surface area contributed by atoms with Gasteiger partial charge in [0.05, 0.1) is 0 Å². The molecule has 19 heavy (non-hydrogen) atoms. The molecule has 0 aliphatic carbocycles. The Kier molecular flexibility index (Phi) is 7.76. The van der Waals surface area contributed by atoms with Gasteiger partial charge in [0.25, 0.3) is 0 Å². The zero-order chi connectivity index (χ0) is 14.1. The van der Waals surface area contributed by atoms with Gasteiger partial charge in [-0.2, -0.15) is 0 Å². The minimum Gasteiger partial charge on any atom is -0.317 e. The van der Waals surface area contributed by atoms with E-state index >= 15 is 0 Å². The molecule has 0 amide bonds. The van der Waals surface area contributed by atoms with Crippen LogP contribution in [0.3, 0.4) is 0 Å². The van der Waals surface area contributed by atoms with Gasteiger partial charge in [-0.25, -0.2) is 0 Å². The lowest BCUT2D eigenvalue weighted by molar-refractivity contribution is 0.248. The third-order valence-corrected chi connectivity index (χ3v) is 3.40. The van der Waals surface area contributed by atoms with Crippen molar-refractivity contribution in [1.82, 2.24) is 10.2 Å². The molecule has 1 N–H and O–H groups in total. The van der Waals surface area contributed by atoms with E-state index in [1.54, 1.807) is 0 Å². The van der Waals surface area contributed by atoms with Crippen LogP contribution in [-0.4, -0.2) is 31.1 Å². The molecule has 0 aromatic heterocycles. The lowest BCUT2D eigenvalue weighted by Gasteiger charge is -2.24. The molecule has 1 aromatic carbocycles. The van der Waals surface area contributed by atoms with Crippen LogP contribution in [0.15, 0.2) is 24.3 Å². The van der Waals surface area contributed by atoms with Gasteiger partial charge in [-0.1, -0.05) is 52.0 Å². The van der Waals surface area contributed by atoms with Gasteiger partial charge < -0.3 is 5.32 Å². The van der Waals surface area contributed by atoms with E-state index in [-0.39, 0.29) is 0 Å². The molecule has 0 bridgehead atoms. The van der Waals surface area contributed by atoms with Crippen LogP contribution in [-0.2, 0) is 13.0 Å². The van der Waals surface area contributed by atoms with Crippen molar-refractivity contribution in [1.29, 1.82) is 0 Å². The monoisotopic (exact) mass is 262 g/mol. The van der Waals surface area contributed by atoms with Gasteiger partial charge in [0.1, 0.15) is 0 Å². The van der Waals surface area contributed by atoms with Crippen molar-refractivity contribution in [3.8, 4) is 0 Å². The number of benzene rings is 1. The van der Waals surface area contributed by atoms with E-state index in [4.69, 9.17) is 0 Å². The quantitative estimate of drug-likeness (QED) is 0.687. The van der Waals surface area contributed by atoms with E-state index in [2.05, 4.69) is 62.2 Å². The fraction of sp³-hybridized carbons (Fsp3) is 0.647. The molecule has 0 aliphatic rings. The number of nitrogens with zero attached hydrogens (tertiary/aromatic N) is 1. The highest BCUT2D eigenvalue weighted by atomic mass is 15.1. The summed E-state index contributed by atoms with van der Waals surface area (Å²) in [4.78, 5) is 2.54. The summed E-state index contributed by atoms with van der Waals surface area (Å²) in [7, 11) is 0. The molecule has 0 saturated carbocycles. The van der Waals surface area contributed by atoms with Crippen LogP contribution in [0.5, 0.6) is 0 Å². The third kappa shape index (κ3) is 6.22. The highest BCUT2D eigenvalue weighted by Gasteiger charge is 2.08. The molecule has 0 aliphatic heterocycles. The Morgan fingerprint density at radius 2 is 1.79 bits per heavy atom. The number of likely N-dealkylation sites (N-methyl/N-ethyl adjacent to an activating group) is 1. The molecule has 108 valence electrons. The molecule has 2 heteroatoms. The Morgan fingerprint density at radius 1 is 1.11 bits per heavy atom. The van der Waals surface area contributed by atoms with E-state index in [1.807, 2.05) is 0 Å². The molecule has 0 unspecified atom stereocenters. The molecule has 0 atom stereocenters. The molecule has 0 saturated heterocycles. The normalized spacial score (nSPS) is 11.5. The lowest BCUT2D eigenvalue weighted by Crippen LogP contribution is -2.27. The van der Waals surface area contributed by atoms with Crippen molar-refractivity contribution in [2.75, 3.05) is 26.2 Å². The standard InChI is InChI=1S/C17H30N2/c1-5-18-12-11-16-9-7-8-10-17(16)14-19(6-2)13-15(3)4/h7-10,15,18H,5-6,11-14H2,1-4H3. The molecule has 0 fully saturated rings. The second kappa shape index (κ2) is 9.11. The Morgan fingerprint density at radius 3 is 2.37 bits per heavy atom. The van der Waals surface area contributed by atoms with Gasteiger partial charge in [0.15, 0.2) is 0 Å². The molecule has 1 rings (SSSR count). The fourth-order valence-electron chi connectivity index (χ4n) is 2.42. The maximum absolute atomic E-state index is 3.41. The predicted molar refractivity (Wildman–Crippen MR) is 84.5 cm³/mol. The summed E-state index contributed by atoms with van der Waals surface area (Å²) in [6, 6.07) is 8.87. The Bertz CT molecular complexity index is 347. The van der Waals surface area contributed by atoms with Gasteiger partial charge in [-0.15, -0.1) is 0 Å². The van der Waals surface area contributed by atoms with Crippen molar-refractivity contribution < 1.29 is 0 Å². The predicted octanol–water partition coefficient (Wildman–Crippen LogP) is 3.32. The number of hydrogen-bond acceptors (Lipinski definition) is 2. The second-order valence-corrected chi connectivity index (χ2v) is 5.59. The summed E-state index contributed by atoms with van der Waals surface area (Å²) in [6.07, 6.45) is 1.13. The van der Waals surface area contributed by atoms with Gasteiger partial charge >= 0.3 is 0 Å². The summed E-state index contributed by atoms with van der Waals surface area (Å²) >= 11 is 0. The summed E-state index contributed by atoms with van der Waals surface area (Å²) in [5.74, 6) is 0.730. The van der Waals surface area contributed by atoms with Crippen molar-refractivity contribution in [2.45, 2.75) is 40.7 Å². The first-order valence-electron chi connectivity index (χ1n) is 7.67. The first-order valence-corrected chi connectivity index (χ1v) is 7.67. The number of nitrogens with one attached hydrogen (secondary N) is 1. The lowest BCUT2D eigenvalue weighted by atomic mass is 10.0. The van der Waals surface area contributed by atoms with Crippen LogP contribution >= 0.6 is 0 Å². The minimum atomic E-state index is 0.730. The molecular weight excluding hydrogens is 232 g/mol. The largest absolute Gasteiger partial charge is 0.317 e. The zero-order valence-electron chi connectivity index (χ0n) is 13.1. The SMILES string of the molecule is CCNCCc1ccccc1CN(CC)CC(C)C. The molecule has 0 heterocycles. The van der Waals surface area contributed by atoms with Crippen LogP contribution in [0.1, 0.15) is 38.8 Å². The van der Waals surface area contributed by atoms with Gasteiger partial charge in [-0.05, 0) is 43.1 Å². The average Bonchev–Trinajstić information content (AvgIpc) is 2.39. The van der Waals surface area contributed by atoms with Gasteiger partial charge in [-0.3, -0.25) is 4.90 Å². The average molecular weight is 262 g/mol. The van der Waals surface area contributed by atoms with Gasteiger partial charge in [0, 0.05) is 13.1 Å². The molecular formula is C17H30N2. The van der Waals surface area contributed by atoms with Crippen molar-refractivity contribution in [3.63, 3.8) is 0 Å². The smallest absolute Gasteiger partial charge is 0.0236 e. The molecule has 0 radical (unpaired) electrons. The van der Waals surface area contributed by atoms with Crippen molar-refractivity contribution in [2.24, 2.45) is 5.92 Å². The first-order chi connectivity index (χ1) is 9.17. The van der Waals surface area contributed by atoms with E-state index in [0.717, 1.165) is 38.5 Å². The highest BCUT2D eigenvalue weighted by molar-refractivity contribution is 5.27. The Hall–Kier alpha value is -0.860. The minimum absolute atomic E-state index is 0.730. The second-order valence-electron chi connectivity index (χ2n) is 5.59. The number of hydrogen-bond donors (Lipinski definition) is 1. The van der Waals surface area contributed by atoms with E-state index < -0.39 is 0 Å². The van der Waals surface area contributed by atoms with Crippen LogP contribution in [0, 0.1) is 5.92 Å². The highest BCUT2D eigenvalue weighted by Crippen LogP contribution is 2.13. The summed E-state index contributed by atoms with van der Waals surface area (Å²) in [5, 5.41) is 3.41. The first kappa shape index (κ1) is 16.2. The van der Waals surface area contributed by atoms with Crippen molar-refractivity contribution in [3.05, 3.63) is 35.4 Å². The molecule has 1 aromatic rings. The molecule has 2 nitrogen and oxygen atoms in total. The van der Waals surface area contributed by atoms with Gasteiger partial charge in [0.2, 0.25) is 0 Å². The van der Waals surface area contributed by atoms with E-state index in [0.29, 0.717) is 0 Å². The maximum Gasteiger partial charge on any atom is 0.0236 e. The summed E-state index contributed by atoms with van der Waals surface area (Å²) in [6.45, 7) is 14.5. The Labute approximate surface area is 119 Å². The topological polar surface area (TPSA) is 15.3 Å². The fourth-order valence-corrected chi connectivity index (χ4v) is 2.42. The summed E-state index contributed by atoms with van der Waals surface area (Å²) in [5.41, 5.74) is 2.98. The van der Waals surface area contributed by atoms with Crippen molar-refractivity contribution >= 4 is 0 Å². The Balaban J connectivity index is 2.64. The number of rotatable bonds is 9. The maximum atomic E-state index is 3.41. The van der Waals surface area contributed by atoms with E-state index in [1.165, 1.54) is 17.7 Å². The van der Waals surface area contributed by atoms with E-state index in [9.17, 15) is 0 Å².